The van der Waals surface area contributed by atoms with Gasteiger partial charge in [0.05, 0.1) is 7.11 Å². The van der Waals surface area contributed by atoms with E-state index < -0.39 is 0 Å². The third kappa shape index (κ3) is 4.34. The minimum atomic E-state index is 0.153. The van der Waals surface area contributed by atoms with Gasteiger partial charge in [-0.15, -0.1) is 0 Å². The van der Waals surface area contributed by atoms with E-state index in [-0.39, 0.29) is 30.7 Å². The molecule has 0 aromatic heterocycles. The smallest absolute Gasteiger partial charge is 0.123 e. The lowest BCUT2D eigenvalue weighted by Gasteiger charge is -2.26. The van der Waals surface area contributed by atoms with Crippen LogP contribution in [-0.2, 0) is 6.54 Å². The van der Waals surface area contributed by atoms with Crippen LogP contribution in [0, 0.1) is 5.92 Å². The Morgan fingerprint density at radius 3 is 2.52 bits per heavy atom. The summed E-state index contributed by atoms with van der Waals surface area (Å²) in [6.45, 7) is 7.43. The summed E-state index contributed by atoms with van der Waals surface area (Å²) < 4.78 is 5.58. The quantitative estimate of drug-likeness (QED) is 0.699. The molecular weight excluding hydrogens is 336 g/mol. The highest BCUT2D eigenvalue weighted by Crippen LogP contribution is 2.32. The lowest BCUT2D eigenvalue weighted by Crippen LogP contribution is -2.39. The van der Waals surface area contributed by atoms with Gasteiger partial charge >= 0.3 is 0 Å². The predicted molar refractivity (Wildman–Crippen MR) is 110 cm³/mol. The van der Waals surface area contributed by atoms with E-state index in [1.807, 2.05) is 6.07 Å². The normalized spacial score (nSPS) is 25.1. The van der Waals surface area contributed by atoms with Crippen molar-refractivity contribution in [2.24, 2.45) is 5.92 Å². The van der Waals surface area contributed by atoms with Crippen LogP contribution >= 0.6 is 0 Å². The number of benzene rings is 2. The molecule has 2 aromatic rings. The summed E-state index contributed by atoms with van der Waals surface area (Å²) in [6.07, 6.45) is 0. The number of rotatable bonds is 7. The first-order valence-corrected chi connectivity index (χ1v) is 9.87. The topological polar surface area (TPSA) is 53.5 Å². The summed E-state index contributed by atoms with van der Waals surface area (Å²) in [7, 11) is 1.72. The standard InChI is InChI=1S/C23H32N2O2/c1-15(2)18-10-11-21(27-4)19(12-18)13-24-23-20(14-26)16(3)25-22(23)17-8-6-5-7-9-17/h5-12,15-16,20,22-26H,13-14H2,1-4H3/t16-,20-,22-,23+/m0/s1. The molecule has 1 heterocycles. The summed E-state index contributed by atoms with van der Waals surface area (Å²) in [6, 6.07) is 17.5. The molecule has 4 atom stereocenters. The number of ether oxygens (including phenoxy) is 1. The average Bonchev–Trinajstić information content (AvgIpc) is 3.01. The van der Waals surface area contributed by atoms with Crippen LogP contribution in [0.1, 0.15) is 49.4 Å². The molecule has 0 bridgehead atoms. The van der Waals surface area contributed by atoms with Crippen molar-refractivity contribution >= 4 is 0 Å². The van der Waals surface area contributed by atoms with Gasteiger partial charge in [-0.05, 0) is 30.0 Å². The van der Waals surface area contributed by atoms with E-state index >= 15 is 0 Å². The van der Waals surface area contributed by atoms with Gasteiger partial charge in [0.15, 0.2) is 0 Å². The van der Waals surface area contributed by atoms with Crippen molar-refractivity contribution in [3.8, 4) is 5.75 Å². The predicted octanol–water partition coefficient (Wildman–Crippen LogP) is 3.62. The van der Waals surface area contributed by atoms with E-state index in [9.17, 15) is 5.11 Å². The van der Waals surface area contributed by atoms with E-state index in [4.69, 9.17) is 4.74 Å². The van der Waals surface area contributed by atoms with Gasteiger partial charge in [-0.3, -0.25) is 0 Å². The first-order chi connectivity index (χ1) is 13.0. The van der Waals surface area contributed by atoms with E-state index in [1.165, 1.54) is 11.1 Å². The highest BCUT2D eigenvalue weighted by Gasteiger charge is 2.40. The molecule has 4 nitrogen and oxygen atoms in total. The molecule has 0 saturated carbocycles. The van der Waals surface area contributed by atoms with Crippen molar-refractivity contribution < 1.29 is 9.84 Å². The molecule has 0 spiro atoms. The summed E-state index contributed by atoms with van der Waals surface area (Å²) in [5.74, 6) is 1.54. The van der Waals surface area contributed by atoms with Crippen molar-refractivity contribution in [1.29, 1.82) is 0 Å². The van der Waals surface area contributed by atoms with E-state index in [2.05, 4.69) is 73.9 Å². The highest BCUT2D eigenvalue weighted by atomic mass is 16.5. The maximum Gasteiger partial charge on any atom is 0.123 e. The minimum Gasteiger partial charge on any atom is -0.496 e. The lowest BCUT2D eigenvalue weighted by atomic mass is 9.91. The zero-order chi connectivity index (χ0) is 19.4. The molecule has 146 valence electrons. The number of nitrogens with one attached hydrogen (secondary N) is 2. The molecular formula is C23H32N2O2. The molecule has 3 N–H and O–H groups in total. The second-order valence-electron chi connectivity index (χ2n) is 7.82. The van der Waals surface area contributed by atoms with Crippen LogP contribution in [0.3, 0.4) is 0 Å². The minimum absolute atomic E-state index is 0.153. The van der Waals surface area contributed by atoms with Crippen molar-refractivity contribution in [3.05, 3.63) is 65.2 Å². The molecule has 0 amide bonds. The second kappa shape index (κ2) is 8.87. The van der Waals surface area contributed by atoms with Gasteiger partial charge in [-0.2, -0.15) is 0 Å². The maximum absolute atomic E-state index is 9.98. The maximum atomic E-state index is 9.98. The van der Waals surface area contributed by atoms with Gasteiger partial charge in [0.1, 0.15) is 5.75 Å². The molecule has 2 aromatic carbocycles. The van der Waals surface area contributed by atoms with Crippen LogP contribution in [0.25, 0.3) is 0 Å². The van der Waals surface area contributed by atoms with Gasteiger partial charge in [-0.1, -0.05) is 56.3 Å². The first-order valence-electron chi connectivity index (χ1n) is 9.87. The Bertz CT molecular complexity index is 732. The molecule has 1 saturated heterocycles. The number of aliphatic hydroxyl groups excluding tert-OH is 1. The van der Waals surface area contributed by atoms with Crippen LogP contribution in [0.5, 0.6) is 5.75 Å². The summed E-state index contributed by atoms with van der Waals surface area (Å²) in [4.78, 5) is 0. The molecule has 0 unspecified atom stereocenters. The Kier molecular flexibility index (Phi) is 6.53. The molecule has 1 aliphatic rings. The fraction of sp³-hybridized carbons (Fsp3) is 0.478. The Hall–Kier alpha value is -1.88. The monoisotopic (exact) mass is 368 g/mol. The third-order valence-electron chi connectivity index (χ3n) is 5.77. The van der Waals surface area contributed by atoms with Crippen LogP contribution < -0.4 is 15.4 Å². The Labute approximate surface area is 163 Å². The molecule has 4 heteroatoms. The average molecular weight is 369 g/mol. The largest absolute Gasteiger partial charge is 0.496 e. The zero-order valence-corrected chi connectivity index (χ0v) is 16.8. The zero-order valence-electron chi connectivity index (χ0n) is 16.8. The van der Waals surface area contributed by atoms with Gasteiger partial charge in [0.2, 0.25) is 0 Å². The summed E-state index contributed by atoms with van der Waals surface area (Å²) in [5.41, 5.74) is 3.72. The van der Waals surface area contributed by atoms with Crippen molar-refractivity contribution in [1.82, 2.24) is 10.6 Å². The fourth-order valence-corrected chi connectivity index (χ4v) is 4.10. The van der Waals surface area contributed by atoms with Gasteiger partial charge in [0.25, 0.3) is 0 Å². The van der Waals surface area contributed by atoms with E-state index in [1.54, 1.807) is 7.11 Å². The van der Waals surface area contributed by atoms with E-state index in [0.717, 1.165) is 11.3 Å². The highest BCUT2D eigenvalue weighted by molar-refractivity contribution is 5.38. The summed E-state index contributed by atoms with van der Waals surface area (Å²) >= 11 is 0. The molecule has 0 radical (unpaired) electrons. The Morgan fingerprint density at radius 2 is 1.89 bits per heavy atom. The number of aliphatic hydroxyl groups is 1. The van der Waals surface area contributed by atoms with Crippen molar-refractivity contribution in [2.45, 2.75) is 51.4 Å². The van der Waals surface area contributed by atoms with Crippen LogP contribution in [0.15, 0.2) is 48.5 Å². The molecule has 3 rings (SSSR count). The summed E-state index contributed by atoms with van der Waals surface area (Å²) in [5, 5.41) is 17.4. The molecule has 0 aliphatic carbocycles. The molecule has 27 heavy (non-hydrogen) atoms. The van der Waals surface area contributed by atoms with Crippen LogP contribution in [0.4, 0.5) is 0 Å². The first kappa shape index (κ1) is 19.9. The second-order valence-corrected chi connectivity index (χ2v) is 7.82. The van der Waals surface area contributed by atoms with Gasteiger partial charge in [0, 0.05) is 42.8 Å². The Balaban J connectivity index is 1.82. The lowest BCUT2D eigenvalue weighted by molar-refractivity contribution is 0.192. The number of hydrogen-bond donors (Lipinski definition) is 3. The van der Waals surface area contributed by atoms with Gasteiger partial charge < -0.3 is 20.5 Å². The van der Waals surface area contributed by atoms with Crippen LogP contribution in [0.2, 0.25) is 0 Å². The van der Waals surface area contributed by atoms with Crippen molar-refractivity contribution in [3.63, 3.8) is 0 Å². The number of hydrogen-bond acceptors (Lipinski definition) is 4. The van der Waals surface area contributed by atoms with Crippen LogP contribution in [-0.4, -0.2) is 30.9 Å². The SMILES string of the molecule is COc1ccc(C(C)C)cc1CN[C@@H]1[C@@H](CO)[C@H](C)N[C@H]1c1ccccc1. The van der Waals surface area contributed by atoms with Gasteiger partial charge in [-0.25, -0.2) is 0 Å². The Morgan fingerprint density at radius 1 is 1.15 bits per heavy atom. The van der Waals surface area contributed by atoms with Crippen molar-refractivity contribution in [2.75, 3.05) is 13.7 Å². The molecule has 1 fully saturated rings. The third-order valence-corrected chi connectivity index (χ3v) is 5.77. The van der Waals surface area contributed by atoms with E-state index in [0.29, 0.717) is 12.5 Å². The molecule has 1 aliphatic heterocycles. The fourth-order valence-electron chi connectivity index (χ4n) is 4.10. The number of methoxy groups -OCH3 is 1.